The third-order valence-corrected chi connectivity index (χ3v) is 3.80. The Balaban J connectivity index is 2.36. The smallest absolute Gasteiger partial charge is 0.223 e. The third kappa shape index (κ3) is 3.07. The van der Waals surface area contributed by atoms with E-state index in [0.29, 0.717) is 12.5 Å². The molecule has 2 N–H and O–H groups in total. The molecule has 0 bridgehead atoms. The molecule has 1 aliphatic rings. The topological polar surface area (TPSA) is 55.6 Å². The second kappa shape index (κ2) is 6.06. The van der Waals surface area contributed by atoms with E-state index < -0.39 is 0 Å². The second-order valence-corrected chi connectivity index (χ2v) is 5.10. The van der Waals surface area contributed by atoms with E-state index in [2.05, 4.69) is 0 Å². The van der Waals surface area contributed by atoms with E-state index in [1.54, 1.807) is 14.0 Å². The minimum Gasteiger partial charge on any atom is -0.497 e. The van der Waals surface area contributed by atoms with Crippen molar-refractivity contribution in [1.82, 2.24) is 0 Å². The Morgan fingerprint density at radius 1 is 1.53 bits per heavy atom. The highest BCUT2D eigenvalue weighted by Gasteiger charge is 2.23. The van der Waals surface area contributed by atoms with Gasteiger partial charge in [-0.2, -0.15) is 0 Å². The maximum Gasteiger partial charge on any atom is 0.223 e. The lowest BCUT2D eigenvalue weighted by molar-refractivity contribution is -0.116. The lowest BCUT2D eigenvalue weighted by Crippen LogP contribution is -2.29. The Morgan fingerprint density at radius 3 is 2.95 bits per heavy atom. The van der Waals surface area contributed by atoms with Gasteiger partial charge in [0.05, 0.1) is 7.11 Å². The highest BCUT2D eigenvalue weighted by molar-refractivity contribution is 5.92. The van der Waals surface area contributed by atoms with Crippen LogP contribution in [0.25, 0.3) is 0 Å². The number of methoxy groups -OCH3 is 1. The number of amides is 1. The number of hydrogen-bond acceptors (Lipinski definition) is 3. The molecule has 0 saturated carbocycles. The van der Waals surface area contributed by atoms with Crippen LogP contribution >= 0.6 is 0 Å². The summed E-state index contributed by atoms with van der Waals surface area (Å²) in [5, 5.41) is 0. The number of carbonyl (C=O) groups excluding carboxylic acids is 1. The maximum atomic E-state index is 11.8. The summed E-state index contributed by atoms with van der Waals surface area (Å²) < 4.78 is 5.28. The number of benzene rings is 1. The first-order valence-electron chi connectivity index (χ1n) is 6.80. The highest BCUT2D eigenvalue weighted by atomic mass is 16.5. The molecular formula is C15H22N2O2. The molecule has 104 valence electrons. The van der Waals surface area contributed by atoms with Gasteiger partial charge in [-0.3, -0.25) is 4.79 Å². The fourth-order valence-corrected chi connectivity index (χ4v) is 2.77. The van der Waals surface area contributed by atoms with Gasteiger partial charge >= 0.3 is 0 Å². The lowest BCUT2D eigenvalue weighted by Gasteiger charge is -2.21. The van der Waals surface area contributed by atoms with Crippen LogP contribution in [-0.4, -0.2) is 26.1 Å². The number of anilines is 1. The summed E-state index contributed by atoms with van der Waals surface area (Å²) in [6.45, 7) is 3.10. The van der Waals surface area contributed by atoms with Crippen molar-refractivity contribution in [3.8, 4) is 5.75 Å². The Morgan fingerprint density at radius 2 is 2.32 bits per heavy atom. The number of nitrogens with two attached hydrogens (primary N) is 1. The molecule has 1 aliphatic heterocycles. The molecule has 1 amide bonds. The average molecular weight is 262 g/mol. The van der Waals surface area contributed by atoms with Gasteiger partial charge < -0.3 is 15.4 Å². The predicted molar refractivity (Wildman–Crippen MR) is 76.5 cm³/mol. The first kappa shape index (κ1) is 13.9. The number of carbonyl (C=O) groups is 1. The zero-order valence-corrected chi connectivity index (χ0v) is 11.7. The molecule has 0 aliphatic carbocycles. The van der Waals surface area contributed by atoms with Crippen LogP contribution in [0.2, 0.25) is 0 Å². The molecule has 19 heavy (non-hydrogen) atoms. The summed E-state index contributed by atoms with van der Waals surface area (Å²) in [6.07, 6.45) is 2.98. The summed E-state index contributed by atoms with van der Waals surface area (Å²) in [6, 6.07) is 5.94. The Bertz CT molecular complexity index is 459. The molecule has 0 saturated heterocycles. The summed E-state index contributed by atoms with van der Waals surface area (Å²) in [4.78, 5) is 13.7. The van der Waals surface area contributed by atoms with Crippen molar-refractivity contribution in [2.45, 2.75) is 26.2 Å². The fraction of sp³-hybridized carbons (Fsp3) is 0.533. The largest absolute Gasteiger partial charge is 0.497 e. The van der Waals surface area contributed by atoms with Gasteiger partial charge in [0, 0.05) is 19.2 Å². The summed E-state index contributed by atoms with van der Waals surface area (Å²) in [5.74, 6) is 1.48. The maximum absolute atomic E-state index is 11.8. The normalized spacial score (nSPS) is 18.7. The van der Waals surface area contributed by atoms with Gasteiger partial charge in [-0.1, -0.05) is 0 Å². The molecule has 1 atom stereocenters. The molecule has 1 unspecified atom stereocenters. The van der Waals surface area contributed by atoms with Crippen molar-refractivity contribution in [3.05, 3.63) is 23.8 Å². The number of rotatable bonds is 3. The van der Waals surface area contributed by atoms with Crippen LogP contribution in [0.4, 0.5) is 5.69 Å². The summed E-state index contributed by atoms with van der Waals surface area (Å²) >= 11 is 0. The zero-order chi connectivity index (χ0) is 13.8. The average Bonchev–Trinajstić information content (AvgIpc) is 2.57. The molecule has 4 heteroatoms. The third-order valence-electron chi connectivity index (χ3n) is 3.80. The molecule has 1 heterocycles. The van der Waals surface area contributed by atoms with Gasteiger partial charge in [-0.15, -0.1) is 0 Å². The predicted octanol–water partition coefficient (Wildman–Crippen LogP) is 1.96. The van der Waals surface area contributed by atoms with E-state index in [0.717, 1.165) is 37.2 Å². The van der Waals surface area contributed by atoms with Crippen LogP contribution in [0.5, 0.6) is 5.75 Å². The standard InChI is InChI=1S/C15H22N2O2/c1-11(18)17-8-6-12(5-7-16)9-13-10-14(19-2)3-4-15(13)17/h3-4,10,12H,5-9,16H2,1-2H3. The summed E-state index contributed by atoms with van der Waals surface area (Å²) in [7, 11) is 1.67. The molecule has 0 spiro atoms. The van der Waals surface area contributed by atoms with Gasteiger partial charge in [0.2, 0.25) is 5.91 Å². The van der Waals surface area contributed by atoms with Crippen molar-refractivity contribution in [1.29, 1.82) is 0 Å². The molecule has 1 aromatic carbocycles. The molecule has 2 rings (SSSR count). The minimum atomic E-state index is 0.0971. The van der Waals surface area contributed by atoms with Crippen molar-refractivity contribution in [2.75, 3.05) is 25.1 Å². The number of ether oxygens (including phenoxy) is 1. The van der Waals surface area contributed by atoms with E-state index >= 15 is 0 Å². The monoisotopic (exact) mass is 262 g/mol. The molecule has 0 radical (unpaired) electrons. The van der Waals surface area contributed by atoms with E-state index in [4.69, 9.17) is 10.5 Å². The summed E-state index contributed by atoms with van der Waals surface area (Å²) in [5.41, 5.74) is 7.88. The molecule has 0 fully saturated rings. The SMILES string of the molecule is COc1ccc2c(c1)CC(CCN)CCN2C(C)=O. The first-order chi connectivity index (χ1) is 9.15. The van der Waals surface area contributed by atoms with Crippen LogP contribution in [-0.2, 0) is 11.2 Å². The molecule has 4 nitrogen and oxygen atoms in total. The van der Waals surface area contributed by atoms with E-state index in [1.165, 1.54) is 5.56 Å². The lowest BCUT2D eigenvalue weighted by atomic mass is 9.94. The van der Waals surface area contributed by atoms with Crippen molar-refractivity contribution >= 4 is 11.6 Å². The van der Waals surface area contributed by atoms with Gasteiger partial charge in [-0.05, 0) is 55.5 Å². The van der Waals surface area contributed by atoms with Crippen LogP contribution in [0.15, 0.2) is 18.2 Å². The molecule has 0 aromatic heterocycles. The Hall–Kier alpha value is -1.55. The van der Waals surface area contributed by atoms with E-state index in [-0.39, 0.29) is 5.91 Å². The van der Waals surface area contributed by atoms with Crippen LogP contribution in [0.3, 0.4) is 0 Å². The van der Waals surface area contributed by atoms with Crippen molar-refractivity contribution in [2.24, 2.45) is 11.7 Å². The minimum absolute atomic E-state index is 0.0971. The zero-order valence-electron chi connectivity index (χ0n) is 11.7. The van der Waals surface area contributed by atoms with Gasteiger partial charge in [0.15, 0.2) is 0 Å². The molecular weight excluding hydrogens is 240 g/mol. The number of hydrogen-bond donors (Lipinski definition) is 1. The second-order valence-electron chi connectivity index (χ2n) is 5.10. The number of nitrogens with zero attached hydrogens (tertiary/aromatic N) is 1. The van der Waals surface area contributed by atoms with E-state index in [9.17, 15) is 4.79 Å². The van der Waals surface area contributed by atoms with E-state index in [1.807, 2.05) is 23.1 Å². The van der Waals surface area contributed by atoms with Gasteiger partial charge in [-0.25, -0.2) is 0 Å². The van der Waals surface area contributed by atoms with Crippen LogP contribution < -0.4 is 15.4 Å². The van der Waals surface area contributed by atoms with Crippen LogP contribution in [0, 0.1) is 5.92 Å². The highest BCUT2D eigenvalue weighted by Crippen LogP contribution is 2.32. The molecule has 1 aromatic rings. The number of fused-ring (bicyclic) bond motifs is 1. The Kier molecular flexibility index (Phi) is 4.43. The van der Waals surface area contributed by atoms with Gasteiger partial charge in [0.1, 0.15) is 5.75 Å². The fourth-order valence-electron chi connectivity index (χ4n) is 2.77. The first-order valence-corrected chi connectivity index (χ1v) is 6.80. The van der Waals surface area contributed by atoms with Crippen molar-refractivity contribution in [3.63, 3.8) is 0 Å². The van der Waals surface area contributed by atoms with Crippen molar-refractivity contribution < 1.29 is 9.53 Å². The Labute approximate surface area is 114 Å². The van der Waals surface area contributed by atoms with Gasteiger partial charge in [0.25, 0.3) is 0 Å². The van der Waals surface area contributed by atoms with Crippen LogP contribution in [0.1, 0.15) is 25.3 Å². The quantitative estimate of drug-likeness (QED) is 0.906.